The number of esters is 1. The minimum Gasteiger partial charge on any atom is -0.463 e. The van der Waals surface area contributed by atoms with Crippen molar-refractivity contribution in [2.45, 2.75) is 11.4 Å². The number of para-hydroxylation sites is 1. The van der Waals surface area contributed by atoms with Crippen LogP contribution in [0, 0.1) is 0 Å². The Bertz CT molecular complexity index is 955. The van der Waals surface area contributed by atoms with Gasteiger partial charge < -0.3 is 14.1 Å². The lowest BCUT2D eigenvalue weighted by molar-refractivity contribution is 0.0563. The second-order valence-corrected chi connectivity index (χ2v) is 6.52. The third-order valence-corrected chi connectivity index (χ3v) is 4.85. The van der Waals surface area contributed by atoms with Crippen LogP contribution in [0.15, 0.2) is 52.1 Å². The zero-order valence-electron chi connectivity index (χ0n) is 12.2. The molecule has 2 aromatic heterocycles. The number of furan rings is 1. The first-order chi connectivity index (χ1) is 11.0. The molecular formula is C15H14N2O5S. The van der Waals surface area contributed by atoms with Crippen LogP contribution >= 0.6 is 0 Å². The minimum atomic E-state index is -3.74. The SMILES string of the molecule is COC(=O)c1occc1CNS(=O)(=O)c1c[nH]c2ccccc12. The van der Waals surface area contributed by atoms with Crippen molar-refractivity contribution in [3.05, 3.63) is 54.1 Å². The third kappa shape index (κ3) is 2.86. The molecule has 0 atom stereocenters. The van der Waals surface area contributed by atoms with Gasteiger partial charge >= 0.3 is 5.97 Å². The number of hydrogen-bond acceptors (Lipinski definition) is 5. The van der Waals surface area contributed by atoms with Gasteiger partial charge in [0.25, 0.3) is 0 Å². The van der Waals surface area contributed by atoms with E-state index in [1.165, 1.54) is 25.6 Å². The molecule has 0 saturated carbocycles. The fourth-order valence-corrected chi connectivity index (χ4v) is 3.45. The van der Waals surface area contributed by atoms with Crippen LogP contribution in [0.4, 0.5) is 0 Å². The quantitative estimate of drug-likeness (QED) is 0.695. The summed E-state index contributed by atoms with van der Waals surface area (Å²) in [7, 11) is -2.52. The molecule has 0 saturated heterocycles. The summed E-state index contributed by atoms with van der Waals surface area (Å²) in [5, 5.41) is 0.598. The summed E-state index contributed by atoms with van der Waals surface area (Å²) in [5.74, 6) is -0.676. The molecule has 2 N–H and O–H groups in total. The summed E-state index contributed by atoms with van der Waals surface area (Å²) in [4.78, 5) is 14.6. The Morgan fingerprint density at radius 1 is 1.30 bits per heavy atom. The fourth-order valence-electron chi connectivity index (χ4n) is 2.26. The normalized spacial score (nSPS) is 11.7. The number of H-pyrrole nitrogens is 1. The number of hydrogen-bond donors (Lipinski definition) is 2. The van der Waals surface area contributed by atoms with Gasteiger partial charge in [0, 0.05) is 29.2 Å². The Hall–Kier alpha value is -2.58. The number of benzene rings is 1. The lowest BCUT2D eigenvalue weighted by Crippen LogP contribution is -2.23. The maximum absolute atomic E-state index is 12.5. The summed E-state index contributed by atoms with van der Waals surface area (Å²) in [5.41, 5.74) is 1.13. The molecule has 0 amide bonds. The summed E-state index contributed by atoms with van der Waals surface area (Å²) in [6, 6.07) is 8.61. The molecule has 0 aliphatic heterocycles. The number of rotatable bonds is 5. The summed E-state index contributed by atoms with van der Waals surface area (Å²) < 4.78 is 37.0. The molecule has 0 aliphatic rings. The van der Waals surface area contributed by atoms with E-state index in [1.807, 2.05) is 6.07 Å². The van der Waals surface area contributed by atoms with Crippen LogP contribution in [0.25, 0.3) is 10.9 Å². The summed E-state index contributed by atoms with van der Waals surface area (Å²) in [6.07, 6.45) is 2.74. The first-order valence-corrected chi connectivity index (χ1v) is 8.21. The van der Waals surface area contributed by atoms with Gasteiger partial charge in [0.15, 0.2) is 0 Å². The van der Waals surface area contributed by atoms with Gasteiger partial charge in [-0.3, -0.25) is 0 Å². The number of carbonyl (C=O) groups is 1. The fraction of sp³-hybridized carbons (Fsp3) is 0.133. The van der Waals surface area contributed by atoms with Gasteiger partial charge in [-0.05, 0) is 12.1 Å². The lowest BCUT2D eigenvalue weighted by atomic mass is 10.2. The van der Waals surface area contributed by atoms with E-state index in [-0.39, 0.29) is 17.2 Å². The number of methoxy groups -OCH3 is 1. The number of aromatic amines is 1. The van der Waals surface area contributed by atoms with E-state index in [0.717, 1.165) is 5.52 Å². The topological polar surface area (TPSA) is 101 Å². The highest BCUT2D eigenvalue weighted by Crippen LogP contribution is 2.22. The van der Waals surface area contributed by atoms with Gasteiger partial charge in [0.1, 0.15) is 4.90 Å². The van der Waals surface area contributed by atoms with Crippen molar-refractivity contribution in [3.8, 4) is 0 Å². The maximum atomic E-state index is 12.5. The minimum absolute atomic E-state index is 0.0193. The second kappa shape index (κ2) is 5.90. The average Bonchev–Trinajstić information content (AvgIpc) is 3.19. The molecule has 23 heavy (non-hydrogen) atoms. The Labute approximate surface area is 132 Å². The molecular weight excluding hydrogens is 320 g/mol. The highest BCUT2D eigenvalue weighted by atomic mass is 32.2. The molecule has 0 aliphatic carbocycles. The van der Waals surface area contributed by atoms with E-state index in [1.54, 1.807) is 18.2 Å². The van der Waals surface area contributed by atoms with Gasteiger partial charge in [0.2, 0.25) is 15.8 Å². The molecule has 120 valence electrons. The lowest BCUT2D eigenvalue weighted by Gasteiger charge is -2.05. The first-order valence-electron chi connectivity index (χ1n) is 6.73. The zero-order valence-corrected chi connectivity index (χ0v) is 13.0. The smallest absolute Gasteiger partial charge is 0.374 e. The number of aromatic nitrogens is 1. The van der Waals surface area contributed by atoms with Crippen molar-refractivity contribution in [2.24, 2.45) is 0 Å². The molecule has 0 fully saturated rings. The summed E-state index contributed by atoms with van der Waals surface area (Å²) >= 11 is 0. The maximum Gasteiger partial charge on any atom is 0.374 e. The van der Waals surface area contributed by atoms with Crippen molar-refractivity contribution < 1.29 is 22.4 Å². The van der Waals surface area contributed by atoms with Gasteiger partial charge in [-0.15, -0.1) is 0 Å². The van der Waals surface area contributed by atoms with Gasteiger partial charge in [0.05, 0.1) is 13.4 Å². The molecule has 7 nitrogen and oxygen atoms in total. The van der Waals surface area contributed by atoms with Crippen LogP contribution in [0.2, 0.25) is 0 Å². The Morgan fingerprint density at radius 2 is 2.09 bits per heavy atom. The molecule has 0 spiro atoms. The molecule has 0 unspecified atom stereocenters. The van der Waals surface area contributed by atoms with E-state index in [2.05, 4.69) is 14.4 Å². The first kappa shape index (κ1) is 15.3. The second-order valence-electron chi connectivity index (χ2n) is 4.79. The van der Waals surface area contributed by atoms with Crippen LogP contribution < -0.4 is 4.72 Å². The van der Waals surface area contributed by atoms with E-state index < -0.39 is 16.0 Å². The molecule has 3 rings (SSSR count). The average molecular weight is 334 g/mol. The summed E-state index contributed by atoms with van der Waals surface area (Å²) in [6.45, 7) is -0.0806. The highest BCUT2D eigenvalue weighted by Gasteiger charge is 2.21. The third-order valence-electron chi connectivity index (χ3n) is 3.41. The highest BCUT2D eigenvalue weighted by molar-refractivity contribution is 7.89. The van der Waals surface area contributed by atoms with Gasteiger partial charge in [-0.1, -0.05) is 18.2 Å². The van der Waals surface area contributed by atoms with Gasteiger partial charge in [-0.25, -0.2) is 17.9 Å². The Balaban J connectivity index is 1.85. The van der Waals surface area contributed by atoms with Crippen LogP contribution in [0.5, 0.6) is 0 Å². The van der Waals surface area contributed by atoms with Crippen LogP contribution in [0.1, 0.15) is 16.1 Å². The predicted molar refractivity (Wildman–Crippen MR) is 82.4 cm³/mol. The number of ether oxygens (including phenoxy) is 1. The van der Waals surface area contributed by atoms with Crippen molar-refractivity contribution in [1.29, 1.82) is 0 Å². The number of sulfonamides is 1. The largest absolute Gasteiger partial charge is 0.463 e. The standard InChI is InChI=1S/C15H14N2O5S/c1-21-15(18)14-10(6-7-22-14)8-17-23(19,20)13-9-16-12-5-3-2-4-11(12)13/h2-7,9,16-17H,8H2,1H3. The van der Waals surface area contributed by atoms with Crippen LogP contribution in [-0.2, 0) is 21.3 Å². The van der Waals surface area contributed by atoms with Crippen molar-refractivity contribution in [2.75, 3.05) is 7.11 Å². The molecule has 1 aromatic carbocycles. The van der Waals surface area contributed by atoms with E-state index >= 15 is 0 Å². The van der Waals surface area contributed by atoms with Gasteiger partial charge in [-0.2, -0.15) is 0 Å². The van der Waals surface area contributed by atoms with Crippen molar-refractivity contribution in [1.82, 2.24) is 9.71 Å². The van der Waals surface area contributed by atoms with E-state index in [9.17, 15) is 13.2 Å². The Morgan fingerprint density at radius 3 is 2.87 bits per heavy atom. The number of fused-ring (bicyclic) bond motifs is 1. The van der Waals surface area contributed by atoms with Crippen molar-refractivity contribution in [3.63, 3.8) is 0 Å². The molecule has 8 heteroatoms. The molecule has 0 radical (unpaired) electrons. The van der Waals surface area contributed by atoms with Crippen LogP contribution in [0.3, 0.4) is 0 Å². The predicted octanol–water partition coefficient (Wildman–Crippen LogP) is 2.03. The van der Waals surface area contributed by atoms with Crippen LogP contribution in [-0.4, -0.2) is 26.5 Å². The monoisotopic (exact) mass is 334 g/mol. The molecule has 2 heterocycles. The zero-order chi connectivity index (χ0) is 16.4. The van der Waals surface area contributed by atoms with Crippen molar-refractivity contribution >= 4 is 26.9 Å². The number of nitrogens with one attached hydrogen (secondary N) is 2. The number of carbonyl (C=O) groups excluding carboxylic acids is 1. The van der Waals surface area contributed by atoms with E-state index in [0.29, 0.717) is 10.9 Å². The molecule has 3 aromatic rings. The van der Waals surface area contributed by atoms with E-state index in [4.69, 9.17) is 4.42 Å². The Kier molecular flexibility index (Phi) is 3.93. The molecule has 0 bridgehead atoms.